The van der Waals surface area contributed by atoms with Crippen LogP contribution in [0.4, 0.5) is 4.39 Å². The Balaban J connectivity index is 2.17. The van der Waals surface area contributed by atoms with Crippen molar-refractivity contribution in [2.75, 3.05) is 0 Å². The van der Waals surface area contributed by atoms with Crippen molar-refractivity contribution in [1.82, 2.24) is 4.98 Å². The fourth-order valence-corrected chi connectivity index (χ4v) is 2.46. The summed E-state index contributed by atoms with van der Waals surface area (Å²) in [6, 6.07) is 4.58. The van der Waals surface area contributed by atoms with E-state index in [9.17, 15) is 4.39 Å². The molecule has 2 rings (SSSR count). The van der Waals surface area contributed by atoms with Crippen LogP contribution in [-0.4, -0.2) is 4.98 Å². The van der Waals surface area contributed by atoms with Gasteiger partial charge in [0.15, 0.2) is 0 Å². The second-order valence-corrected chi connectivity index (χ2v) is 5.30. The second-order valence-electron chi connectivity index (χ2n) is 3.40. The standard InChI is InChI=1S/C11H10BrFN2S/c12-7-1-2-8(9(13)5-7)10(14)6-11-15-3-4-16-11/h1-5,10H,6,14H2. The van der Waals surface area contributed by atoms with Crippen LogP contribution in [0.1, 0.15) is 16.6 Å². The third-order valence-electron chi connectivity index (χ3n) is 2.24. The minimum Gasteiger partial charge on any atom is -0.324 e. The highest BCUT2D eigenvalue weighted by molar-refractivity contribution is 9.10. The molecule has 2 N–H and O–H groups in total. The molecule has 0 radical (unpaired) electrons. The van der Waals surface area contributed by atoms with Crippen molar-refractivity contribution in [1.29, 1.82) is 0 Å². The summed E-state index contributed by atoms with van der Waals surface area (Å²) < 4.78 is 14.3. The maximum Gasteiger partial charge on any atom is 0.129 e. The molecular weight excluding hydrogens is 291 g/mol. The van der Waals surface area contributed by atoms with Crippen LogP contribution in [0.5, 0.6) is 0 Å². The SMILES string of the molecule is NC(Cc1nccs1)c1ccc(Br)cc1F. The number of nitrogens with two attached hydrogens (primary N) is 1. The predicted octanol–water partition coefficient (Wildman–Crippen LogP) is 3.29. The molecule has 0 amide bonds. The third kappa shape index (κ3) is 2.66. The first-order chi connectivity index (χ1) is 7.66. The lowest BCUT2D eigenvalue weighted by Crippen LogP contribution is -2.14. The fraction of sp³-hybridized carbons (Fsp3) is 0.182. The van der Waals surface area contributed by atoms with Crippen molar-refractivity contribution in [3.63, 3.8) is 0 Å². The molecule has 5 heteroatoms. The van der Waals surface area contributed by atoms with E-state index in [4.69, 9.17) is 5.73 Å². The van der Waals surface area contributed by atoms with Crippen LogP contribution < -0.4 is 5.73 Å². The Hall–Kier alpha value is -0.780. The number of aromatic nitrogens is 1. The molecule has 0 aliphatic carbocycles. The minimum absolute atomic E-state index is 0.279. The van der Waals surface area contributed by atoms with Crippen molar-refractivity contribution in [3.05, 3.63) is 50.6 Å². The molecule has 1 aromatic heterocycles. The first-order valence-electron chi connectivity index (χ1n) is 4.75. The smallest absolute Gasteiger partial charge is 0.129 e. The third-order valence-corrected chi connectivity index (χ3v) is 3.54. The topological polar surface area (TPSA) is 38.9 Å². The van der Waals surface area contributed by atoms with Crippen LogP contribution in [-0.2, 0) is 6.42 Å². The molecule has 0 saturated carbocycles. The van der Waals surface area contributed by atoms with E-state index < -0.39 is 0 Å². The van der Waals surface area contributed by atoms with Gasteiger partial charge in [-0.05, 0) is 12.1 Å². The number of hydrogen-bond acceptors (Lipinski definition) is 3. The summed E-state index contributed by atoms with van der Waals surface area (Å²) in [7, 11) is 0. The Labute approximate surface area is 105 Å². The molecule has 1 atom stereocenters. The molecule has 0 spiro atoms. The Kier molecular flexibility index (Phi) is 3.68. The Bertz CT molecular complexity index is 473. The van der Waals surface area contributed by atoms with Crippen LogP contribution >= 0.6 is 27.3 Å². The maximum absolute atomic E-state index is 13.6. The van der Waals surface area contributed by atoms with E-state index in [2.05, 4.69) is 20.9 Å². The normalized spacial score (nSPS) is 12.7. The van der Waals surface area contributed by atoms with Gasteiger partial charge in [0.1, 0.15) is 5.82 Å². The zero-order chi connectivity index (χ0) is 11.5. The molecule has 1 heterocycles. The van der Waals surface area contributed by atoms with E-state index in [0.29, 0.717) is 12.0 Å². The van der Waals surface area contributed by atoms with Gasteiger partial charge in [0, 0.05) is 34.1 Å². The molecule has 2 aromatic rings. The molecular formula is C11H10BrFN2S. The van der Waals surface area contributed by atoms with E-state index in [1.54, 1.807) is 18.3 Å². The highest BCUT2D eigenvalue weighted by atomic mass is 79.9. The number of rotatable bonds is 3. The van der Waals surface area contributed by atoms with Gasteiger partial charge in [-0.15, -0.1) is 11.3 Å². The molecule has 0 fully saturated rings. The van der Waals surface area contributed by atoms with Crippen LogP contribution in [0.2, 0.25) is 0 Å². The summed E-state index contributed by atoms with van der Waals surface area (Å²) in [5, 5.41) is 2.81. The highest BCUT2D eigenvalue weighted by Crippen LogP contribution is 2.22. The van der Waals surface area contributed by atoms with Gasteiger partial charge in [-0.25, -0.2) is 9.37 Å². The van der Waals surface area contributed by atoms with E-state index in [1.165, 1.54) is 17.4 Å². The Morgan fingerprint density at radius 3 is 2.94 bits per heavy atom. The summed E-state index contributed by atoms with van der Waals surface area (Å²) >= 11 is 4.75. The predicted molar refractivity (Wildman–Crippen MR) is 66.8 cm³/mol. The largest absolute Gasteiger partial charge is 0.324 e. The van der Waals surface area contributed by atoms with Gasteiger partial charge in [0.25, 0.3) is 0 Å². The molecule has 1 unspecified atom stereocenters. The lowest BCUT2D eigenvalue weighted by atomic mass is 10.0. The van der Waals surface area contributed by atoms with Gasteiger partial charge in [0.05, 0.1) is 5.01 Å². The van der Waals surface area contributed by atoms with Gasteiger partial charge in [-0.3, -0.25) is 0 Å². The zero-order valence-electron chi connectivity index (χ0n) is 8.36. The quantitative estimate of drug-likeness (QED) is 0.945. The van der Waals surface area contributed by atoms with Gasteiger partial charge >= 0.3 is 0 Å². The molecule has 2 nitrogen and oxygen atoms in total. The van der Waals surface area contributed by atoms with E-state index in [1.807, 2.05) is 5.38 Å². The van der Waals surface area contributed by atoms with Crippen molar-refractivity contribution >= 4 is 27.3 Å². The van der Waals surface area contributed by atoms with Gasteiger partial charge in [-0.1, -0.05) is 22.0 Å². The molecule has 0 saturated heterocycles. The highest BCUT2D eigenvalue weighted by Gasteiger charge is 2.13. The van der Waals surface area contributed by atoms with Gasteiger partial charge in [0.2, 0.25) is 0 Å². The summed E-state index contributed by atoms with van der Waals surface area (Å²) in [4.78, 5) is 4.14. The van der Waals surface area contributed by atoms with E-state index in [0.717, 1.165) is 9.48 Å². The number of thiazole rings is 1. The lowest BCUT2D eigenvalue weighted by molar-refractivity contribution is 0.579. The molecule has 1 aromatic carbocycles. The van der Waals surface area contributed by atoms with Crippen molar-refractivity contribution in [2.45, 2.75) is 12.5 Å². The molecule has 0 aliphatic rings. The van der Waals surface area contributed by atoms with E-state index in [-0.39, 0.29) is 11.9 Å². The number of nitrogens with zero attached hydrogens (tertiary/aromatic N) is 1. The molecule has 0 bridgehead atoms. The molecule has 0 aliphatic heterocycles. The average molecular weight is 301 g/mol. The summed E-state index contributed by atoms with van der Waals surface area (Å²) in [5.41, 5.74) is 6.47. The van der Waals surface area contributed by atoms with Crippen LogP contribution in [0.15, 0.2) is 34.2 Å². The number of benzene rings is 1. The maximum atomic E-state index is 13.6. The fourth-order valence-electron chi connectivity index (χ4n) is 1.45. The van der Waals surface area contributed by atoms with Crippen molar-refractivity contribution in [3.8, 4) is 0 Å². The first-order valence-corrected chi connectivity index (χ1v) is 6.43. The number of hydrogen-bond donors (Lipinski definition) is 1. The van der Waals surface area contributed by atoms with Gasteiger partial charge < -0.3 is 5.73 Å². The second kappa shape index (κ2) is 5.03. The van der Waals surface area contributed by atoms with Crippen LogP contribution in [0.3, 0.4) is 0 Å². The zero-order valence-corrected chi connectivity index (χ0v) is 10.8. The van der Waals surface area contributed by atoms with E-state index >= 15 is 0 Å². The van der Waals surface area contributed by atoms with Crippen molar-refractivity contribution in [2.24, 2.45) is 5.73 Å². The average Bonchev–Trinajstić information content (AvgIpc) is 2.70. The monoisotopic (exact) mass is 300 g/mol. The Morgan fingerprint density at radius 1 is 1.50 bits per heavy atom. The summed E-state index contributed by atoms with van der Waals surface area (Å²) in [6.07, 6.45) is 2.29. The summed E-state index contributed by atoms with van der Waals surface area (Å²) in [5.74, 6) is -0.279. The number of halogens is 2. The lowest BCUT2D eigenvalue weighted by Gasteiger charge is -2.11. The minimum atomic E-state index is -0.348. The van der Waals surface area contributed by atoms with Crippen LogP contribution in [0.25, 0.3) is 0 Å². The Morgan fingerprint density at radius 2 is 2.31 bits per heavy atom. The molecule has 84 valence electrons. The van der Waals surface area contributed by atoms with Crippen LogP contribution in [0, 0.1) is 5.82 Å². The first kappa shape index (κ1) is 11.7. The molecule has 16 heavy (non-hydrogen) atoms. The van der Waals surface area contributed by atoms with Crippen molar-refractivity contribution < 1.29 is 4.39 Å². The summed E-state index contributed by atoms with van der Waals surface area (Å²) in [6.45, 7) is 0. The van der Waals surface area contributed by atoms with Gasteiger partial charge in [-0.2, -0.15) is 0 Å².